The quantitative estimate of drug-likeness (QED) is 0.140. The number of carbonyl (C=O) groups excluding carboxylic acids is 1. The van der Waals surface area contributed by atoms with Crippen molar-refractivity contribution in [3.05, 3.63) is 82.4 Å². The molecular formula is C38H45ClN4O4. The minimum Gasteiger partial charge on any atom is -0.457 e. The van der Waals surface area contributed by atoms with Gasteiger partial charge in [-0.1, -0.05) is 31.0 Å². The maximum absolute atomic E-state index is 13.4. The molecule has 0 unspecified atom stereocenters. The van der Waals surface area contributed by atoms with E-state index in [0.717, 1.165) is 109 Å². The zero-order valence-corrected chi connectivity index (χ0v) is 27.9. The number of fused-ring (bicyclic) bond motifs is 6. The lowest BCUT2D eigenvalue weighted by Gasteiger charge is -2.41. The molecule has 3 aromatic carbocycles. The predicted molar refractivity (Wildman–Crippen MR) is 188 cm³/mol. The van der Waals surface area contributed by atoms with Gasteiger partial charge in [-0.15, -0.1) is 11.6 Å². The van der Waals surface area contributed by atoms with Crippen LogP contribution >= 0.6 is 11.6 Å². The average molecular weight is 657 g/mol. The average Bonchev–Trinajstić information content (AvgIpc) is 3.31. The van der Waals surface area contributed by atoms with E-state index in [4.69, 9.17) is 25.8 Å². The molecule has 47 heavy (non-hydrogen) atoms. The number of hydrogen-bond donors (Lipinski definition) is 2. The van der Waals surface area contributed by atoms with Gasteiger partial charge in [-0.05, 0) is 61.1 Å². The van der Waals surface area contributed by atoms with Crippen molar-refractivity contribution in [2.45, 2.75) is 50.4 Å². The molecule has 1 aliphatic carbocycles. The van der Waals surface area contributed by atoms with Crippen molar-refractivity contribution in [3.8, 4) is 11.5 Å². The van der Waals surface area contributed by atoms with E-state index in [0.29, 0.717) is 44.1 Å². The molecule has 0 saturated carbocycles. The topological polar surface area (TPSA) is 87.1 Å². The lowest BCUT2D eigenvalue weighted by molar-refractivity contribution is 0.0468. The molecule has 2 saturated heterocycles. The molecule has 8 nitrogen and oxygen atoms in total. The fourth-order valence-corrected chi connectivity index (χ4v) is 7.44. The van der Waals surface area contributed by atoms with Gasteiger partial charge in [0.1, 0.15) is 11.5 Å². The lowest BCUT2D eigenvalue weighted by atomic mass is 9.67. The molecule has 248 valence electrons. The van der Waals surface area contributed by atoms with Crippen LogP contribution < -0.4 is 19.9 Å². The first kappa shape index (κ1) is 32.0. The second kappa shape index (κ2) is 14.3. The van der Waals surface area contributed by atoms with E-state index in [1.165, 1.54) is 12.8 Å². The fraction of sp³-hybridized carbons (Fsp3) is 0.474. The number of carbonyl (C=O) groups is 1. The molecule has 3 aromatic rings. The number of amides is 1. The minimum atomic E-state index is -0.817. The van der Waals surface area contributed by atoms with Gasteiger partial charge in [0, 0.05) is 97.5 Å². The number of hydrogen-bond acceptors (Lipinski definition) is 7. The van der Waals surface area contributed by atoms with Crippen molar-refractivity contribution in [3.63, 3.8) is 0 Å². The third-order valence-electron chi connectivity index (χ3n) is 10.1. The van der Waals surface area contributed by atoms with Gasteiger partial charge in [0.15, 0.2) is 0 Å². The highest BCUT2D eigenvalue weighted by molar-refractivity contribution is 6.17. The first-order chi connectivity index (χ1) is 23.1. The standard InChI is InChI=1S/C38H45ClN4O4/c39-13-3-1-2-4-19-45-21-22-46-20-14-41-37(44)28-8-7-27-24-36(40)38(33(27)23-28)31-11-9-29(42-15-5-16-42)25-34(31)47-35-26-30(10-12-32(35)38)43-17-6-18-43/h7-12,23,25-26,40H,1-6,13-22,24H2,(H,41,44). The van der Waals surface area contributed by atoms with Gasteiger partial charge in [0.25, 0.3) is 5.91 Å². The van der Waals surface area contributed by atoms with Crippen LogP contribution in [0.4, 0.5) is 11.4 Å². The van der Waals surface area contributed by atoms with E-state index in [9.17, 15) is 10.2 Å². The Morgan fingerprint density at radius 2 is 1.43 bits per heavy atom. The van der Waals surface area contributed by atoms with E-state index >= 15 is 0 Å². The van der Waals surface area contributed by atoms with E-state index in [1.807, 2.05) is 18.2 Å². The summed E-state index contributed by atoms with van der Waals surface area (Å²) in [7, 11) is 0. The van der Waals surface area contributed by atoms with Gasteiger partial charge < -0.3 is 34.7 Å². The van der Waals surface area contributed by atoms with Gasteiger partial charge in [-0.2, -0.15) is 0 Å². The van der Waals surface area contributed by atoms with Gasteiger partial charge >= 0.3 is 0 Å². The van der Waals surface area contributed by atoms with Crippen LogP contribution in [0, 0.1) is 5.41 Å². The number of nitrogens with zero attached hydrogens (tertiary/aromatic N) is 2. The Kier molecular flexibility index (Phi) is 9.70. The monoisotopic (exact) mass is 656 g/mol. The molecule has 0 aromatic heterocycles. The molecular weight excluding hydrogens is 612 g/mol. The Morgan fingerprint density at radius 3 is 2.04 bits per heavy atom. The van der Waals surface area contributed by atoms with Gasteiger partial charge in [0.05, 0.1) is 25.2 Å². The van der Waals surface area contributed by atoms with Crippen LogP contribution in [0.1, 0.15) is 71.1 Å². The highest BCUT2D eigenvalue weighted by Gasteiger charge is 2.52. The molecule has 9 heteroatoms. The van der Waals surface area contributed by atoms with Crippen molar-refractivity contribution < 1.29 is 19.0 Å². The molecule has 2 N–H and O–H groups in total. The van der Waals surface area contributed by atoms with Crippen molar-refractivity contribution >= 4 is 34.6 Å². The summed E-state index contributed by atoms with van der Waals surface area (Å²) in [5, 5.41) is 12.6. The van der Waals surface area contributed by atoms with Crippen LogP contribution in [0.25, 0.3) is 0 Å². The third-order valence-corrected chi connectivity index (χ3v) is 10.3. The maximum Gasteiger partial charge on any atom is 0.251 e. The van der Waals surface area contributed by atoms with E-state index < -0.39 is 5.41 Å². The zero-order valence-electron chi connectivity index (χ0n) is 27.1. The summed E-state index contributed by atoms with van der Waals surface area (Å²) >= 11 is 5.72. The van der Waals surface area contributed by atoms with Crippen molar-refractivity contribution in [1.29, 1.82) is 5.41 Å². The number of anilines is 2. The number of halogens is 1. The van der Waals surface area contributed by atoms with Crippen LogP contribution in [-0.4, -0.2) is 76.7 Å². The lowest BCUT2D eigenvalue weighted by Crippen LogP contribution is -2.40. The molecule has 7 rings (SSSR count). The zero-order chi connectivity index (χ0) is 32.2. The number of unbranched alkanes of at least 4 members (excludes halogenated alkanes) is 3. The Labute approximate surface area is 282 Å². The molecule has 1 amide bonds. The number of rotatable bonds is 15. The van der Waals surface area contributed by atoms with Gasteiger partial charge in [-0.3, -0.25) is 4.79 Å². The summed E-state index contributed by atoms with van der Waals surface area (Å²) in [5.74, 6) is 2.17. The summed E-state index contributed by atoms with van der Waals surface area (Å²) in [6.07, 6.45) is 7.30. The van der Waals surface area contributed by atoms with Crippen LogP contribution in [0.5, 0.6) is 11.5 Å². The number of alkyl halides is 1. The Bertz CT molecular complexity index is 1560. The summed E-state index contributed by atoms with van der Waals surface area (Å²) in [6, 6.07) is 18.8. The van der Waals surface area contributed by atoms with Gasteiger partial charge in [-0.25, -0.2) is 0 Å². The summed E-state index contributed by atoms with van der Waals surface area (Å²) in [4.78, 5) is 18.1. The molecule has 2 fully saturated rings. The molecule has 3 aliphatic heterocycles. The molecule has 1 spiro atoms. The van der Waals surface area contributed by atoms with Crippen LogP contribution in [-0.2, 0) is 21.3 Å². The van der Waals surface area contributed by atoms with Crippen LogP contribution in [0.2, 0.25) is 0 Å². The smallest absolute Gasteiger partial charge is 0.251 e. The molecule has 4 aliphatic rings. The fourth-order valence-electron chi connectivity index (χ4n) is 7.25. The summed E-state index contributed by atoms with van der Waals surface area (Å²) in [6.45, 7) is 6.80. The number of benzene rings is 3. The highest BCUT2D eigenvalue weighted by Crippen LogP contribution is 2.57. The minimum absolute atomic E-state index is 0.146. The third kappa shape index (κ3) is 6.23. The Morgan fingerprint density at radius 1 is 0.787 bits per heavy atom. The predicted octanol–water partition coefficient (Wildman–Crippen LogP) is 6.68. The van der Waals surface area contributed by atoms with Crippen LogP contribution in [0.3, 0.4) is 0 Å². The SMILES string of the molecule is N=C1Cc2ccc(C(=O)NCCOCCOCCCCCCCl)cc2C12c1ccc(N3CCC3)cc1Oc1cc(N3CCC3)ccc12. The van der Waals surface area contributed by atoms with Crippen molar-refractivity contribution in [2.75, 3.05) is 74.8 Å². The normalized spacial score (nSPS) is 17.0. The summed E-state index contributed by atoms with van der Waals surface area (Å²) < 4.78 is 18.0. The van der Waals surface area contributed by atoms with E-state index in [1.54, 1.807) is 0 Å². The Balaban J connectivity index is 1.08. The Hall–Kier alpha value is -3.59. The van der Waals surface area contributed by atoms with Crippen molar-refractivity contribution in [2.24, 2.45) is 0 Å². The highest BCUT2D eigenvalue weighted by atomic mass is 35.5. The second-order valence-corrected chi connectivity index (χ2v) is 13.4. The summed E-state index contributed by atoms with van der Waals surface area (Å²) in [5.41, 5.74) is 6.68. The van der Waals surface area contributed by atoms with E-state index in [-0.39, 0.29) is 5.91 Å². The first-order valence-electron chi connectivity index (χ1n) is 17.3. The number of nitrogens with one attached hydrogen (secondary N) is 2. The van der Waals surface area contributed by atoms with Crippen molar-refractivity contribution in [1.82, 2.24) is 5.32 Å². The van der Waals surface area contributed by atoms with E-state index in [2.05, 4.69) is 51.5 Å². The molecule has 0 bridgehead atoms. The molecule has 3 heterocycles. The molecule has 0 radical (unpaired) electrons. The number of ether oxygens (including phenoxy) is 3. The second-order valence-electron chi connectivity index (χ2n) is 13.0. The first-order valence-corrected chi connectivity index (χ1v) is 17.8. The molecule has 0 atom stereocenters. The van der Waals surface area contributed by atoms with Crippen LogP contribution in [0.15, 0.2) is 54.6 Å². The maximum atomic E-state index is 13.4. The largest absolute Gasteiger partial charge is 0.457 e. The van der Waals surface area contributed by atoms with Gasteiger partial charge in [0.2, 0.25) is 0 Å².